The minimum Gasteiger partial charge on any atom is -0.481 e. The van der Waals surface area contributed by atoms with Crippen molar-refractivity contribution in [1.82, 2.24) is 0 Å². The van der Waals surface area contributed by atoms with Crippen LogP contribution in [0, 0.1) is 5.92 Å². The van der Waals surface area contributed by atoms with Crippen molar-refractivity contribution in [1.29, 1.82) is 0 Å². The van der Waals surface area contributed by atoms with E-state index in [0.29, 0.717) is 19.4 Å². The fourth-order valence-corrected chi connectivity index (χ4v) is 0.947. The van der Waals surface area contributed by atoms with Gasteiger partial charge in [-0.2, -0.15) is 0 Å². The molecule has 0 saturated carbocycles. The van der Waals surface area contributed by atoms with E-state index in [-0.39, 0.29) is 6.42 Å². The summed E-state index contributed by atoms with van der Waals surface area (Å²) in [5.41, 5.74) is 0. The van der Waals surface area contributed by atoms with Crippen molar-refractivity contribution in [2.75, 3.05) is 13.7 Å². The quantitative estimate of drug-likeness (QED) is 0.453. The molecule has 0 atom stereocenters. The first-order valence-electron chi connectivity index (χ1n) is 4.04. The van der Waals surface area contributed by atoms with Crippen LogP contribution < -0.4 is 0 Å². The largest absolute Gasteiger partial charge is 0.481 e. The van der Waals surface area contributed by atoms with Gasteiger partial charge in [-0.05, 0) is 19.3 Å². The van der Waals surface area contributed by atoms with E-state index in [9.17, 15) is 9.59 Å². The Bertz CT molecular complexity index is 163. The molecule has 5 nitrogen and oxygen atoms in total. The van der Waals surface area contributed by atoms with E-state index in [0.717, 1.165) is 0 Å². The van der Waals surface area contributed by atoms with Crippen LogP contribution in [0.15, 0.2) is 0 Å². The van der Waals surface area contributed by atoms with Crippen LogP contribution in [0.25, 0.3) is 0 Å². The maximum absolute atomic E-state index is 10.4. The number of methoxy groups -OCH3 is 1. The molecule has 0 unspecified atom stereocenters. The van der Waals surface area contributed by atoms with Gasteiger partial charge in [0.05, 0.1) is 0 Å². The third kappa shape index (κ3) is 5.19. The average Bonchev–Trinajstić information content (AvgIpc) is 2.02. The Labute approximate surface area is 76.3 Å². The number of carboxylic acid groups (broad SMARTS) is 2. The highest BCUT2D eigenvalue weighted by molar-refractivity contribution is 5.92. The maximum Gasteiger partial charge on any atom is 0.317 e. The topological polar surface area (TPSA) is 83.8 Å². The average molecular weight is 190 g/mol. The van der Waals surface area contributed by atoms with Gasteiger partial charge in [-0.15, -0.1) is 0 Å². The standard InChI is InChI=1S/C8H14O5/c1-13-5-3-2-4-6(7(9)10)8(11)12/h6H,2-5H2,1H3,(H,9,10)(H,11,12). The van der Waals surface area contributed by atoms with E-state index < -0.39 is 17.9 Å². The Morgan fingerprint density at radius 3 is 2.15 bits per heavy atom. The van der Waals surface area contributed by atoms with Gasteiger partial charge in [0.15, 0.2) is 5.92 Å². The molecule has 0 spiro atoms. The molecule has 5 heteroatoms. The van der Waals surface area contributed by atoms with Crippen molar-refractivity contribution in [3.8, 4) is 0 Å². The summed E-state index contributed by atoms with van der Waals surface area (Å²) in [5.74, 6) is -3.83. The normalized spacial score (nSPS) is 10.3. The monoisotopic (exact) mass is 190 g/mol. The lowest BCUT2D eigenvalue weighted by Crippen LogP contribution is -2.23. The van der Waals surface area contributed by atoms with Gasteiger partial charge in [-0.25, -0.2) is 0 Å². The summed E-state index contributed by atoms with van der Waals surface area (Å²) in [6, 6.07) is 0. The second kappa shape index (κ2) is 6.42. The predicted molar refractivity (Wildman–Crippen MR) is 44.5 cm³/mol. The van der Waals surface area contributed by atoms with E-state index in [4.69, 9.17) is 14.9 Å². The van der Waals surface area contributed by atoms with Crippen molar-refractivity contribution in [2.45, 2.75) is 19.3 Å². The smallest absolute Gasteiger partial charge is 0.317 e. The molecule has 0 saturated heterocycles. The zero-order chi connectivity index (χ0) is 10.3. The molecule has 0 aromatic rings. The fourth-order valence-electron chi connectivity index (χ4n) is 0.947. The van der Waals surface area contributed by atoms with Crippen LogP contribution in [0.4, 0.5) is 0 Å². The Morgan fingerprint density at radius 2 is 1.77 bits per heavy atom. The summed E-state index contributed by atoms with van der Waals surface area (Å²) in [4.78, 5) is 20.8. The third-order valence-corrected chi connectivity index (χ3v) is 1.69. The van der Waals surface area contributed by atoms with E-state index in [2.05, 4.69) is 0 Å². The van der Waals surface area contributed by atoms with Crippen LogP contribution in [0.1, 0.15) is 19.3 Å². The van der Waals surface area contributed by atoms with Crippen molar-refractivity contribution in [3.05, 3.63) is 0 Å². The highest BCUT2D eigenvalue weighted by atomic mass is 16.5. The SMILES string of the molecule is COCCCCC(C(=O)O)C(=O)O. The predicted octanol–water partition coefficient (Wildman–Crippen LogP) is 0.589. The second-order valence-corrected chi connectivity index (χ2v) is 2.72. The number of rotatable bonds is 7. The zero-order valence-corrected chi connectivity index (χ0v) is 7.52. The third-order valence-electron chi connectivity index (χ3n) is 1.69. The van der Waals surface area contributed by atoms with Crippen molar-refractivity contribution >= 4 is 11.9 Å². The van der Waals surface area contributed by atoms with Gasteiger partial charge in [0, 0.05) is 13.7 Å². The molecule has 0 rings (SSSR count). The van der Waals surface area contributed by atoms with Crippen LogP contribution in [0.3, 0.4) is 0 Å². The maximum atomic E-state index is 10.4. The fraction of sp³-hybridized carbons (Fsp3) is 0.750. The lowest BCUT2D eigenvalue weighted by molar-refractivity contribution is -0.154. The highest BCUT2D eigenvalue weighted by Crippen LogP contribution is 2.09. The number of hydrogen-bond acceptors (Lipinski definition) is 3. The van der Waals surface area contributed by atoms with E-state index >= 15 is 0 Å². The first-order chi connectivity index (χ1) is 6.09. The van der Waals surface area contributed by atoms with E-state index in [1.807, 2.05) is 0 Å². The number of unbranched alkanes of at least 4 members (excludes halogenated alkanes) is 1. The molecule has 13 heavy (non-hydrogen) atoms. The van der Waals surface area contributed by atoms with Gasteiger partial charge in [0.2, 0.25) is 0 Å². The Kier molecular flexibility index (Phi) is 5.88. The second-order valence-electron chi connectivity index (χ2n) is 2.72. The summed E-state index contributed by atoms with van der Waals surface area (Å²) in [5, 5.41) is 17.0. The molecule has 0 aliphatic carbocycles. The molecule has 0 aromatic heterocycles. The Hall–Kier alpha value is -1.10. The first kappa shape index (κ1) is 11.9. The van der Waals surface area contributed by atoms with Crippen LogP contribution >= 0.6 is 0 Å². The molecule has 2 N–H and O–H groups in total. The minimum atomic E-state index is -1.28. The molecule has 0 aliphatic rings. The van der Waals surface area contributed by atoms with Gasteiger partial charge in [-0.3, -0.25) is 9.59 Å². The molecule has 0 fully saturated rings. The van der Waals surface area contributed by atoms with Crippen LogP contribution in [0.2, 0.25) is 0 Å². The van der Waals surface area contributed by atoms with E-state index in [1.165, 1.54) is 0 Å². The number of ether oxygens (including phenoxy) is 1. The molecule has 0 radical (unpaired) electrons. The van der Waals surface area contributed by atoms with Crippen LogP contribution in [-0.2, 0) is 14.3 Å². The molecule has 0 aromatic carbocycles. The van der Waals surface area contributed by atoms with Gasteiger partial charge in [-0.1, -0.05) is 0 Å². The Balaban J connectivity index is 3.71. The molecule has 0 bridgehead atoms. The summed E-state index contributed by atoms with van der Waals surface area (Å²) < 4.78 is 4.75. The summed E-state index contributed by atoms with van der Waals surface area (Å²) in [7, 11) is 1.55. The zero-order valence-electron chi connectivity index (χ0n) is 7.52. The summed E-state index contributed by atoms with van der Waals surface area (Å²) in [6.07, 6.45) is 1.40. The Morgan fingerprint density at radius 1 is 1.23 bits per heavy atom. The van der Waals surface area contributed by atoms with Gasteiger partial charge in [0.1, 0.15) is 0 Å². The molecular weight excluding hydrogens is 176 g/mol. The number of hydrogen-bond donors (Lipinski definition) is 2. The lowest BCUT2D eigenvalue weighted by Gasteiger charge is -2.05. The summed E-state index contributed by atoms with van der Waals surface area (Å²) in [6.45, 7) is 0.534. The minimum absolute atomic E-state index is 0.161. The van der Waals surface area contributed by atoms with Gasteiger partial charge in [0.25, 0.3) is 0 Å². The summed E-state index contributed by atoms with van der Waals surface area (Å²) >= 11 is 0. The van der Waals surface area contributed by atoms with Gasteiger partial charge >= 0.3 is 11.9 Å². The van der Waals surface area contributed by atoms with E-state index in [1.54, 1.807) is 7.11 Å². The van der Waals surface area contributed by atoms with Crippen LogP contribution in [-0.4, -0.2) is 35.9 Å². The highest BCUT2D eigenvalue weighted by Gasteiger charge is 2.24. The number of aliphatic carboxylic acids is 2. The first-order valence-corrected chi connectivity index (χ1v) is 4.04. The number of carboxylic acids is 2. The molecule has 0 heterocycles. The van der Waals surface area contributed by atoms with Crippen molar-refractivity contribution in [3.63, 3.8) is 0 Å². The molecule has 0 amide bonds. The lowest BCUT2D eigenvalue weighted by atomic mass is 10.0. The van der Waals surface area contributed by atoms with Crippen molar-refractivity contribution < 1.29 is 24.5 Å². The molecular formula is C8H14O5. The molecule has 0 aliphatic heterocycles. The molecule has 76 valence electrons. The van der Waals surface area contributed by atoms with Crippen molar-refractivity contribution in [2.24, 2.45) is 5.92 Å². The van der Waals surface area contributed by atoms with Crippen LogP contribution in [0.5, 0.6) is 0 Å². The van der Waals surface area contributed by atoms with Gasteiger partial charge < -0.3 is 14.9 Å². The number of carbonyl (C=O) groups is 2.